The van der Waals surface area contributed by atoms with Gasteiger partial charge in [-0.3, -0.25) is 0 Å². The highest BCUT2D eigenvalue weighted by Crippen LogP contribution is 2.33. The molecule has 1 fully saturated rings. The minimum atomic E-state index is -4.52. The fourth-order valence-electron chi connectivity index (χ4n) is 1.98. The van der Waals surface area contributed by atoms with Crippen LogP contribution in [0.3, 0.4) is 0 Å². The molecule has 0 radical (unpaired) electrons. The summed E-state index contributed by atoms with van der Waals surface area (Å²) >= 11 is 0. The SMILES string of the molecule is Nc1cnc(C(F)(F)F)cc1N1CCOCC1CO. The number of aliphatic hydroxyl groups is 1. The fraction of sp³-hybridized carbons (Fsp3) is 0.545. The van der Waals surface area contributed by atoms with Crippen LogP contribution < -0.4 is 10.6 Å². The van der Waals surface area contributed by atoms with E-state index < -0.39 is 17.9 Å². The van der Waals surface area contributed by atoms with Crippen LogP contribution in [0.25, 0.3) is 0 Å². The Balaban J connectivity index is 2.37. The standard InChI is InChI=1S/C11H14F3N3O2/c12-11(13,14)10-3-9(8(15)4-16-10)17-1-2-19-6-7(17)5-18/h3-4,7,18H,1-2,5-6,15H2. The first-order chi connectivity index (χ1) is 8.93. The Bertz CT molecular complexity index is 453. The van der Waals surface area contributed by atoms with E-state index in [2.05, 4.69) is 4.98 Å². The Labute approximate surface area is 107 Å². The molecule has 2 heterocycles. The maximum atomic E-state index is 12.6. The molecule has 106 valence electrons. The van der Waals surface area contributed by atoms with Crippen molar-refractivity contribution in [2.75, 3.05) is 37.0 Å². The van der Waals surface area contributed by atoms with Crippen LogP contribution in [0.2, 0.25) is 0 Å². The van der Waals surface area contributed by atoms with Gasteiger partial charge in [-0.25, -0.2) is 4.98 Å². The Morgan fingerprint density at radius 2 is 2.26 bits per heavy atom. The summed E-state index contributed by atoms with van der Waals surface area (Å²) in [6, 6.07) is 0.503. The van der Waals surface area contributed by atoms with Gasteiger partial charge in [-0.2, -0.15) is 13.2 Å². The van der Waals surface area contributed by atoms with Crippen LogP contribution in [-0.2, 0) is 10.9 Å². The van der Waals surface area contributed by atoms with E-state index in [4.69, 9.17) is 10.5 Å². The van der Waals surface area contributed by atoms with Crippen molar-refractivity contribution in [2.45, 2.75) is 12.2 Å². The van der Waals surface area contributed by atoms with Gasteiger partial charge in [0.2, 0.25) is 0 Å². The first kappa shape index (κ1) is 13.9. The van der Waals surface area contributed by atoms with Crippen molar-refractivity contribution >= 4 is 11.4 Å². The largest absolute Gasteiger partial charge is 0.433 e. The molecule has 1 aliphatic heterocycles. The molecule has 0 spiro atoms. The molecule has 1 aromatic heterocycles. The molecule has 1 saturated heterocycles. The molecule has 0 aromatic carbocycles. The lowest BCUT2D eigenvalue weighted by molar-refractivity contribution is -0.141. The van der Waals surface area contributed by atoms with Crippen molar-refractivity contribution in [3.63, 3.8) is 0 Å². The number of aliphatic hydroxyl groups excluding tert-OH is 1. The molecule has 1 unspecified atom stereocenters. The summed E-state index contributed by atoms with van der Waals surface area (Å²) in [4.78, 5) is 4.91. The number of pyridine rings is 1. The monoisotopic (exact) mass is 277 g/mol. The Kier molecular flexibility index (Phi) is 3.81. The van der Waals surface area contributed by atoms with Gasteiger partial charge in [0, 0.05) is 6.54 Å². The van der Waals surface area contributed by atoms with Crippen LogP contribution >= 0.6 is 0 Å². The van der Waals surface area contributed by atoms with E-state index in [1.807, 2.05) is 0 Å². The minimum Gasteiger partial charge on any atom is -0.396 e. The van der Waals surface area contributed by atoms with Crippen molar-refractivity contribution in [2.24, 2.45) is 0 Å². The highest BCUT2D eigenvalue weighted by atomic mass is 19.4. The summed E-state index contributed by atoms with van der Waals surface area (Å²) in [6.45, 7) is 0.777. The van der Waals surface area contributed by atoms with Crippen molar-refractivity contribution in [1.82, 2.24) is 4.98 Å². The second kappa shape index (κ2) is 5.22. The van der Waals surface area contributed by atoms with Crippen LogP contribution in [0, 0.1) is 0 Å². The number of ether oxygens (including phenoxy) is 1. The number of nitrogens with zero attached hydrogens (tertiary/aromatic N) is 2. The molecular weight excluding hydrogens is 263 g/mol. The van der Waals surface area contributed by atoms with E-state index in [9.17, 15) is 18.3 Å². The number of aromatic nitrogens is 1. The number of morpholine rings is 1. The van der Waals surface area contributed by atoms with Crippen LogP contribution in [-0.4, -0.2) is 42.5 Å². The highest BCUT2D eigenvalue weighted by molar-refractivity contribution is 5.67. The normalized spacial score (nSPS) is 20.6. The lowest BCUT2D eigenvalue weighted by Gasteiger charge is -2.37. The number of nitrogen functional groups attached to an aromatic ring is 1. The molecule has 0 bridgehead atoms. The van der Waals surface area contributed by atoms with E-state index in [-0.39, 0.29) is 24.6 Å². The number of hydrogen-bond acceptors (Lipinski definition) is 5. The van der Waals surface area contributed by atoms with E-state index in [1.165, 1.54) is 0 Å². The predicted molar refractivity (Wildman–Crippen MR) is 62.7 cm³/mol. The second-order valence-electron chi connectivity index (χ2n) is 4.23. The third kappa shape index (κ3) is 2.90. The third-order valence-corrected chi connectivity index (χ3v) is 2.95. The van der Waals surface area contributed by atoms with Crippen LogP contribution in [0.1, 0.15) is 5.69 Å². The molecule has 19 heavy (non-hydrogen) atoms. The van der Waals surface area contributed by atoms with Crippen molar-refractivity contribution in [3.8, 4) is 0 Å². The number of nitrogens with two attached hydrogens (primary N) is 1. The van der Waals surface area contributed by atoms with Gasteiger partial charge in [0.1, 0.15) is 5.69 Å². The Hall–Kier alpha value is -1.54. The summed E-state index contributed by atoms with van der Waals surface area (Å²) in [5.41, 5.74) is 5.06. The van der Waals surface area contributed by atoms with Gasteiger partial charge >= 0.3 is 6.18 Å². The lowest BCUT2D eigenvalue weighted by atomic mass is 10.1. The van der Waals surface area contributed by atoms with E-state index in [1.54, 1.807) is 4.90 Å². The van der Waals surface area contributed by atoms with Crippen molar-refractivity contribution in [1.29, 1.82) is 0 Å². The van der Waals surface area contributed by atoms with Gasteiger partial charge in [0.25, 0.3) is 0 Å². The summed E-state index contributed by atoms with van der Waals surface area (Å²) in [6.07, 6.45) is -3.54. The summed E-state index contributed by atoms with van der Waals surface area (Å²) in [7, 11) is 0. The maximum Gasteiger partial charge on any atom is 0.433 e. The molecule has 0 aliphatic carbocycles. The smallest absolute Gasteiger partial charge is 0.396 e. The van der Waals surface area contributed by atoms with Crippen LogP contribution in [0.15, 0.2) is 12.3 Å². The van der Waals surface area contributed by atoms with E-state index in [0.717, 1.165) is 12.3 Å². The second-order valence-corrected chi connectivity index (χ2v) is 4.23. The first-order valence-electron chi connectivity index (χ1n) is 5.71. The predicted octanol–water partition coefficient (Wildman–Crippen LogP) is 0.880. The Morgan fingerprint density at radius 3 is 2.89 bits per heavy atom. The molecule has 1 aromatic rings. The molecule has 8 heteroatoms. The zero-order valence-electron chi connectivity index (χ0n) is 10.0. The Morgan fingerprint density at radius 1 is 1.53 bits per heavy atom. The van der Waals surface area contributed by atoms with Crippen LogP contribution in [0.5, 0.6) is 0 Å². The zero-order chi connectivity index (χ0) is 14.0. The third-order valence-electron chi connectivity index (χ3n) is 2.95. The van der Waals surface area contributed by atoms with Gasteiger partial charge in [0.15, 0.2) is 0 Å². The van der Waals surface area contributed by atoms with Crippen molar-refractivity contribution < 1.29 is 23.0 Å². The lowest BCUT2D eigenvalue weighted by Crippen LogP contribution is -2.48. The average Bonchev–Trinajstić information content (AvgIpc) is 2.38. The van der Waals surface area contributed by atoms with Crippen molar-refractivity contribution in [3.05, 3.63) is 18.0 Å². The fourth-order valence-corrected chi connectivity index (χ4v) is 1.98. The molecule has 5 nitrogen and oxygen atoms in total. The average molecular weight is 277 g/mol. The summed E-state index contributed by atoms with van der Waals surface area (Å²) in [5, 5.41) is 9.24. The summed E-state index contributed by atoms with van der Waals surface area (Å²) in [5.74, 6) is 0. The van der Waals surface area contributed by atoms with Gasteiger partial charge in [0.05, 0.1) is 43.4 Å². The number of alkyl halides is 3. The molecular formula is C11H14F3N3O2. The quantitative estimate of drug-likeness (QED) is 0.839. The van der Waals surface area contributed by atoms with Crippen LogP contribution in [0.4, 0.5) is 24.5 Å². The molecule has 0 amide bonds. The molecule has 0 saturated carbocycles. The highest BCUT2D eigenvalue weighted by Gasteiger charge is 2.34. The number of halogens is 3. The molecule has 1 atom stereocenters. The summed E-state index contributed by atoms with van der Waals surface area (Å²) < 4.78 is 43.1. The van der Waals surface area contributed by atoms with Gasteiger partial charge in [-0.15, -0.1) is 0 Å². The topological polar surface area (TPSA) is 71.6 Å². The molecule has 1 aliphatic rings. The first-order valence-corrected chi connectivity index (χ1v) is 5.71. The van der Waals surface area contributed by atoms with E-state index in [0.29, 0.717) is 13.2 Å². The molecule has 2 rings (SSSR count). The maximum absolute atomic E-state index is 12.6. The zero-order valence-corrected chi connectivity index (χ0v) is 10.0. The van der Waals surface area contributed by atoms with Gasteiger partial charge in [-0.05, 0) is 6.07 Å². The van der Waals surface area contributed by atoms with E-state index >= 15 is 0 Å². The number of hydrogen-bond donors (Lipinski definition) is 2. The van der Waals surface area contributed by atoms with Gasteiger partial charge in [-0.1, -0.05) is 0 Å². The van der Waals surface area contributed by atoms with Gasteiger partial charge < -0.3 is 20.5 Å². The number of rotatable bonds is 2. The minimum absolute atomic E-state index is 0.147. The number of anilines is 2. The molecule has 3 N–H and O–H groups in total.